The second-order valence-electron chi connectivity index (χ2n) is 14.1. The van der Waals surface area contributed by atoms with Crippen molar-refractivity contribution in [2.45, 2.75) is 28.2 Å². The fourth-order valence-electron chi connectivity index (χ4n) is 6.63. The summed E-state index contributed by atoms with van der Waals surface area (Å²) in [5.41, 5.74) is 16.1. The van der Waals surface area contributed by atoms with Gasteiger partial charge in [-0.1, -0.05) is 110 Å². The van der Waals surface area contributed by atoms with Crippen LogP contribution >= 0.6 is 17.6 Å². The fourth-order valence-corrected chi connectivity index (χ4v) is 9.21. The van der Waals surface area contributed by atoms with Crippen molar-refractivity contribution in [3.63, 3.8) is 0 Å². The number of nitrogens with one attached hydrogen (secondary N) is 3. The molecule has 0 aliphatic carbocycles. The molecule has 3 heterocycles. The molecule has 9 nitrogen and oxygen atoms in total. The molecule has 6 aromatic rings. The minimum atomic E-state index is -0.877. The summed E-state index contributed by atoms with van der Waals surface area (Å²) in [5.74, 6) is 0. The van der Waals surface area contributed by atoms with E-state index in [1.54, 1.807) is 0 Å². The largest absolute Gasteiger partial charge is 0.102 e. The van der Waals surface area contributed by atoms with Gasteiger partial charge in [-0.05, 0) is 57.2 Å². The molecule has 0 fully saturated rings. The molecule has 0 bridgehead atoms. The maximum Gasteiger partial charge on any atom is 0.102 e. The second kappa shape index (κ2) is 31.3. The van der Waals surface area contributed by atoms with Gasteiger partial charge < -0.3 is 37.5 Å². The smallest absolute Gasteiger partial charge is 0.0620 e. The SMILES string of the molecule is C.CCN1[C-]=C(c2[c-]cccc2)N(C)N1.CCN1[C-]=C(c2ccccc2)N(C)N1.CCN1[C-]=C(c2ccccc2)N(C)N1.[Ag].[CH3-].[Cl][Ru+3].[HH].c1ccc([PH+](c2ccccc2)c2ccccc2)cc1. The van der Waals surface area contributed by atoms with E-state index in [1.165, 1.54) is 27.0 Å². The first-order chi connectivity index (χ1) is 30.9. The summed E-state index contributed by atoms with van der Waals surface area (Å²) in [7, 11) is 9.64. The van der Waals surface area contributed by atoms with Gasteiger partial charge >= 0.3 is 27.0 Å². The first kappa shape index (κ1) is 57.4. The molecule has 0 unspecified atom stereocenters. The quantitative estimate of drug-likeness (QED) is 0.0748. The van der Waals surface area contributed by atoms with Gasteiger partial charge in [0.05, 0.1) is 7.92 Å². The second-order valence-corrected chi connectivity index (χ2v) is 16.6. The Morgan fingerprint density at radius 2 is 0.758 bits per heavy atom. The van der Waals surface area contributed by atoms with Crippen LogP contribution < -0.4 is 32.5 Å². The summed E-state index contributed by atoms with van der Waals surface area (Å²) in [6.45, 7) is 8.94. The van der Waals surface area contributed by atoms with Crippen LogP contribution in [0.1, 0.15) is 46.3 Å². The van der Waals surface area contributed by atoms with E-state index in [1.807, 2.05) is 129 Å². The molecule has 0 aromatic heterocycles. The minimum Gasteiger partial charge on any atom is -0.0620 e. The van der Waals surface area contributed by atoms with Crippen molar-refractivity contribution in [2.75, 3.05) is 40.8 Å². The molecule has 3 aliphatic heterocycles. The van der Waals surface area contributed by atoms with Crippen molar-refractivity contribution in [3.05, 3.63) is 225 Å². The van der Waals surface area contributed by atoms with Gasteiger partial charge in [0.15, 0.2) is 0 Å². The van der Waals surface area contributed by atoms with E-state index in [4.69, 9.17) is 0 Å². The van der Waals surface area contributed by atoms with Gasteiger partial charge in [0, 0.05) is 64.6 Å². The van der Waals surface area contributed by atoms with Crippen molar-refractivity contribution >= 4 is 50.6 Å². The predicted octanol–water partition coefficient (Wildman–Crippen LogP) is 9.42. The van der Waals surface area contributed by atoms with Gasteiger partial charge in [-0.2, -0.15) is 40.6 Å². The molecule has 6 aromatic carbocycles. The van der Waals surface area contributed by atoms with Gasteiger partial charge in [-0.15, -0.1) is 53.9 Å². The molecular weight excluding hydrogens is 1040 g/mol. The summed E-state index contributed by atoms with van der Waals surface area (Å²) in [6.07, 6.45) is 9.78. The first-order valence-corrected chi connectivity index (χ1v) is 24.6. The number of benzene rings is 6. The Bertz CT molecular complexity index is 2030. The third kappa shape index (κ3) is 16.9. The van der Waals surface area contributed by atoms with Crippen LogP contribution in [0.2, 0.25) is 0 Å². The Morgan fingerprint density at radius 3 is 1.05 bits per heavy atom. The first-order valence-electron chi connectivity index (χ1n) is 20.9. The van der Waals surface area contributed by atoms with E-state index in [0.717, 1.165) is 42.3 Å². The van der Waals surface area contributed by atoms with Crippen molar-refractivity contribution in [1.82, 2.24) is 46.7 Å². The topological polar surface area (TPSA) is 55.5 Å². The Hall–Kier alpha value is -4.70. The standard InChI is InChI=1S/C18H15P.2C11H14N3.C11H13N3.CH4.CH3.Ag.ClH.Ru.H2/c1-4-10-16(11-5-1)19(17-12-6-2-7-13-17)18-14-8-3-9-15-18;3*1-3-14-9-11(13(2)12-14)10-7-5-4-6-8-10;;;;;;/h1-15H;2*4-8,12H,3H2,1-2H3;4-7,12H,3H2,1-2H3;1H4;1H3;;1H;;1H/q;2*-1;-2;;-1;;;+4;. The van der Waals surface area contributed by atoms with Crippen LogP contribution in [0.5, 0.6) is 0 Å². The van der Waals surface area contributed by atoms with Crippen molar-refractivity contribution in [2.24, 2.45) is 0 Å². The van der Waals surface area contributed by atoms with Crippen molar-refractivity contribution in [1.29, 1.82) is 0 Å². The summed E-state index contributed by atoms with van der Waals surface area (Å²) in [6, 6.07) is 64.1. The van der Waals surface area contributed by atoms with Crippen LogP contribution in [0.3, 0.4) is 0 Å². The number of rotatable bonds is 9. The Labute approximate surface area is 429 Å². The van der Waals surface area contributed by atoms with Gasteiger partial charge in [0.2, 0.25) is 0 Å². The number of nitrogens with zero attached hydrogens (tertiary/aromatic N) is 6. The molecule has 13 heteroatoms. The Balaban J connectivity index is 0.000000436. The average molecular weight is 1100 g/mol. The maximum atomic E-state index is 4.57. The zero-order valence-corrected chi connectivity index (χ0v) is 43.1. The predicted molar refractivity (Wildman–Crippen MR) is 276 cm³/mol. The molecule has 66 heavy (non-hydrogen) atoms. The van der Waals surface area contributed by atoms with Crippen LogP contribution in [-0.4, -0.2) is 70.8 Å². The molecule has 3 aliphatic rings. The number of hydrazine groups is 6. The maximum absolute atomic E-state index is 4.57. The molecule has 0 atom stereocenters. The molecule has 1 radical (unpaired) electrons. The van der Waals surface area contributed by atoms with E-state index in [0.29, 0.717) is 0 Å². The van der Waals surface area contributed by atoms with Crippen LogP contribution in [-0.2, 0) is 39.7 Å². The van der Waals surface area contributed by atoms with Gasteiger partial charge in [0.1, 0.15) is 15.9 Å². The molecule has 0 saturated carbocycles. The zero-order chi connectivity index (χ0) is 44.8. The monoisotopic (exact) mass is 1100 g/mol. The van der Waals surface area contributed by atoms with Crippen LogP contribution in [0.25, 0.3) is 17.1 Å². The fraction of sp³-hybridized carbons (Fsp3) is 0.189. The number of halogens is 1. The summed E-state index contributed by atoms with van der Waals surface area (Å²) < 4.78 is 0. The van der Waals surface area contributed by atoms with E-state index in [-0.39, 0.29) is 38.7 Å². The molecular formula is C53H66AgClN9PRu-. The van der Waals surface area contributed by atoms with Crippen molar-refractivity contribution in [3.8, 4) is 0 Å². The van der Waals surface area contributed by atoms with Gasteiger partial charge in [0.25, 0.3) is 0 Å². The normalized spacial score (nSPS) is 13.3. The molecule has 0 saturated heterocycles. The van der Waals surface area contributed by atoms with Crippen LogP contribution in [0, 0.1) is 32.1 Å². The Kier molecular flexibility index (Phi) is 27.2. The van der Waals surface area contributed by atoms with Crippen molar-refractivity contribution < 1.29 is 41.1 Å². The molecule has 0 amide bonds. The number of hydrogen-bond donors (Lipinski definition) is 3. The summed E-state index contributed by atoms with van der Waals surface area (Å²) in [4.78, 5) is 0. The van der Waals surface area contributed by atoms with E-state index >= 15 is 0 Å². The number of hydrogen-bond acceptors (Lipinski definition) is 9. The van der Waals surface area contributed by atoms with E-state index in [2.05, 4.69) is 187 Å². The zero-order valence-electron chi connectivity index (χ0n) is 38.1. The summed E-state index contributed by atoms with van der Waals surface area (Å²) in [5, 5.41) is 16.0. The van der Waals surface area contributed by atoms with Gasteiger partial charge in [-0.25, -0.2) is 12.1 Å². The summed E-state index contributed by atoms with van der Waals surface area (Å²) >= 11 is 1.82. The minimum absolute atomic E-state index is 0. The molecule has 355 valence electrons. The van der Waals surface area contributed by atoms with E-state index in [9.17, 15) is 0 Å². The van der Waals surface area contributed by atoms with E-state index < -0.39 is 7.92 Å². The third-order valence-electron chi connectivity index (χ3n) is 9.74. The Morgan fingerprint density at radius 1 is 0.470 bits per heavy atom. The molecule has 0 spiro atoms. The molecule has 9 rings (SSSR count). The molecule has 3 N–H and O–H groups in total. The van der Waals surface area contributed by atoms with Crippen LogP contribution in [0.4, 0.5) is 0 Å². The van der Waals surface area contributed by atoms with Crippen LogP contribution in [0.15, 0.2) is 176 Å². The average Bonchev–Trinajstić information content (AvgIpc) is 4.07. The van der Waals surface area contributed by atoms with Gasteiger partial charge in [-0.3, -0.25) is 5.56 Å². The third-order valence-corrected chi connectivity index (χ3v) is 12.5.